The van der Waals surface area contributed by atoms with E-state index in [9.17, 15) is 4.79 Å². The summed E-state index contributed by atoms with van der Waals surface area (Å²) in [5.74, 6) is 0.487. The third-order valence-corrected chi connectivity index (χ3v) is 3.37. The molecule has 21 heavy (non-hydrogen) atoms. The Labute approximate surface area is 124 Å². The van der Waals surface area contributed by atoms with E-state index in [0.717, 1.165) is 0 Å². The van der Waals surface area contributed by atoms with Crippen LogP contribution in [0.15, 0.2) is 29.4 Å². The van der Waals surface area contributed by atoms with Crippen molar-refractivity contribution in [3.63, 3.8) is 0 Å². The summed E-state index contributed by atoms with van der Waals surface area (Å²) in [5, 5.41) is 12.3. The molecular formula is C15H20N2O4. The van der Waals surface area contributed by atoms with E-state index in [4.69, 9.17) is 14.7 Å². The molecule has 1 N–H and O–H groups in total. The van der Waals surface area contributed by atoms with Crippen LogP contribution in [0.4, 0.5) is 0 Å². The minimum Gasteiger partial charge on any atom is -0.483 e. The highest BCUT2D eigenvalue weighted by Gasteiger charge is 2.18. The number of morpholine rings is 1. The van der Waals surface area contributed by atoms with Crippen molar-refractivity contribution in [2.45, 2.75) is 13.3 Å². The van der Waals surface area contributed by atoms with Crippen molar-refractivity contribution in [1.29, 1.82) is 0 Å². The Morgan fingerprint density at radius 1 is 1.38 bits per heavy atom. The van der Waals surface area contributed by atoms with Gasteiger partial charge in [-0.1, -0.05) is 24.2 Å². The average molecular weight is 292 g/mol. The lowest BCUT2D eigenvalue weighted by atomic mass is 10.1. The highest BCUT2D eigenvalue weighted by molar-refractivity contribution is 6.02. The molecule has 0 aromatic heterocycles. The molecule has 1 saturated heterocycles. The van der Waals surface area contributed by atoms with Gasteiger partial charge in [0.15, 0.2) is 6.61 Å². The Kier molecular flexibility index (Phi) is 5.57. The average Bonchev–Trinajstić information content (AvgIpc) is 2.55. The summed E-state index contributed by atoms with van der Waals surface area (Å²) in [6.45, 7) is 4.20. The molecule has 0 saturated carbocycles. The summed E-state index contributed by atoms with van der Waals surface area (Å²) in [4.78, 5) is 13.8. The van der Waals surface area contributed by atoms with Crippen molar-refractivity contribution in [3.05, 3.63) is 29.8 Å². The molecule has 0 radical (unpaired) electrons. The van der Waals surface area contributed by atoms with Gasteiger partial charge in [0.1, 0.15) is 5.75 Å². The van der Waals surface area contributed by atoms with Gasteiger partial charge in [0.2, 0.25) is 0 Å². The van der Waals surface area contributed by atoms with Crippen LogP contribution in [0.3, 0.4) is 0 Å². The minimum atomic E-state index is -0.0629. The normalized spacial score (nSPS) is 15.9. The van der Waals surface area contributed by atoms with Crippen LogP contribution >= 0.6 is 0 Å². The predicted octanol–water partition coefficient (Wildman–Crippen LogP) is 1.51. The number of oxime groups is 1. The molecule has 0 aliphatic carbocycles. The van der Waals surface area contributed by atoms with Crippen LogP contribution in [0.5, 0.6) is 5.75 Å². The first-order valence-corrected chi connectivity index (χ1v) is 7.05. The maximum atomic E-state index is 12.1. The molecule has 1 heterocycles. The van der Waals surface area contributed by atoms with Crippen LogP contribution < -0.4 is 4.74 Å². The van der Waals surface area contributed by atoms with Crippen molar-refractivity contribution in [1.82, 2.24) is 4.90 Å². The fraction of sp³-hybridized carbons (Fsp3) is 0.467. The standard InChI is InChI=1S/C15H20N2O4/c1-2-13(16-19)12-5-3-4-6-14(12)21-11-15(18)17-7-9-20-10-8-17/h3-6,19H,2,7-11H2,1H3/b16-13+. The smallest absolute Gasteiger partial charge is 0.260 e. The van der Waals surface area contributed by atoms with Gasteiger partial charge in [-0.15, -0.1) is 0 Å². The van der Waals surface area contributed by atoms with Gasteiger partial charge in [-0.25, -0.2) is 0 Å². The summed E-state index contributed by atoms with van der Waals surface area (Å²) in [6, 6.07) is 7.24. The first kappa shape index (κ1) is 15.3. The number of amides is 1. The number of hydrogen-bond acceptors (Lipinski definition) is 5. The maximum absolute atomic E-state index is 12.1. The monoisotopic (exact) mass is 292 g/mol. The molecular weight excluding hydrogens is 272 g/mol. The summed E-state index contributed by atoms with van der Waals surface area (Å²) >= 11 is 0. The second kappa shape index (κ2) is 7.64. The molecule has 0 atom stereocenters. The number of benzene rings is 1. The lowest BCUT2D eigenvalue weighted by molar-refractivity contribution is -0.137. The summed E-state index contributed by atoms with van der Waals surface area (Å²) in [6.07, 6.45) is 0.578. The van der Waals surface area contributed by atoms with Gasteiger partial charge in [0.05, 0.1) is 18.9 Å². The van der Waals surface area contributed by atoms with E-state index in [0.29, 0.717) is 49.7 Å². The van der Waals surface area contributed by atoms with Crippen LogP contribution in [-0.2, 0) is 9.53 Å². The molecule has 1 fully saturated rings. The Hall–Kier alpha value is -2.08. The maximum Gasteiger partial charge on any atom is 0.260 e. The molecule has 2 rings (SSSR count). The second-order valence-corrected chi connectivity index (χ2v) is 4.68. The number of carbonyl (C=O) groups is 1. The number of hydrogen-bond donors (Lipinski definition) is 1. The van der Waals surface area contributed by atoms with E-state index in [1.807, 2.05) is 25.1 Å². The van der Waals surface area contributed by atoms with E-state index in [1.54, 1.807) is 11.0 Å². The number of carbonyl (C=O) groups excluding carboxylic acids is 1. The van der Waals surface area contributed by atoms with Crippen LogP contribution in [0.1, 0.15) is 18.9 Å². The fourth-order valence-electron chi connectivity index (χ4n) is 2.19. The lowest BCUT2D eigenvalue weighted by Crippen LogP contribution is -2.43. The lowest BCUT2D eigenvalue weighted by Gasteiger charge is -2.26. The molecule has 0 bridgehead atoms. The molecule has 1 aromatic rings. The van der Waals surface area contributed by atoms with Gasteiger partial charge in [-0.05, 0) is 18.6 Å². The van der Waals surface area contributed by atoms with Crippen LogP contribution in [0.25, 0.3) is 0 Å². The quantitative estimate of drug-likeness (QED) is 0.507. The van der Waals surface area contributed by atoms with E-state index in [-0.39, 0.29) is 12.5 Å². The molecule has 1 aliphatic heterocycles. The minimum absolute atomic E-state index is 0.0283. The SMILES string of the molecule is CC/C(=N\O)c1ccccc1OCC(=O)N1CCOCC1. The van der Waals surface area contributed by atoms with E-state index < -0.39 is 0 Å². The summed E-state index contributed by atoms with van der Waals surface area (Å²) in [7, 11) is 0. The van der Waals surface area contributed by atoms with Crippen molar-refractivity contribution < 1.29 is 19.5 Å². The zero-order valence-corrected chi connectivity index (χ0v) is 12.1. The number of rotatable bonds is 5. The first-order chi connectivity index (χ1) is 10.3. The molecule has 0 spiro atoms. The third-order valence-electron chi connectivity index (χ3n) is 3.37. The van der Waals surface area contributed by atoms with Gasteiger partial charge >= 0.3 is 0 Å². The summed E-state index contributed by atoms with van der Waals surface area (Å²) < 4.78 is 10.8. The van der Waals surface area contributed by atoms with E-state index in [1.165, 1.54) is 0 Å². The molecule has 6 nitrogen and oxygen atoms in total. The molecule has 1 amide bonds. The number of ether oxygens (including phenoxy) is 2. The predicted molar refractivity (Wildman–Crippen MR) is 78.0 cm³/mol. The molecule has 6 heteroatoms. The van der Waals surface area contributed by atoms with Crippen molar-refractivity contribution in [3.8, 4) is 5.75 Å². The van der Waals surface area contributed by atoms with Crippen LogP contribution in [0.2, 0.25) is 0 Å². The fourth-order valence-corrected chi connectivity index (χ4v) is 2.19. The zero-order valence-electron chi connectivity index (χ0n) is 12.1. The van der Waals surface area contributed by atoms with Crippen LogP contribution in [0, 0.1) is 0 Å². The highest BCUT2D eigenvalue weighted by atomic mass is 16.5. The highest BCUT2D eigenvalue weighted by Crippen LogP contribution is 2.20. The van der Waals surface area contributed by atoms with Crippen LogP contribution in [-0.4, -0.2) is 54.6 Å². The zero-order chi connectivity index (χ0) is 15.1. The largest absolute Gasteiger partial charge is 0.483 e. The molecule has 1 aliphatic rings. The van der Waals surface area contributed by atoms with Gasteiger partial charge < -0.3 is 19.6 Å². The Morgan fingerprint density at radius 2 is 2.10 bits per heavy atom. The van der Waals surface area contributed by atoms with Gasteiger partial charge in [-0.2, -0.15) is 0 Å². The first-order valence-electron chi connectivity index (χ1n) is 7.05. The number of nitrogens with zero attached hydrogens (tertiary/aromatic N) is 2. The van der Waals surface area contributed by atoms with Crippen molar-refractivity contribution in [2.75, 3.05) is 32.9 Å². The Balaban J connectivity index is 2.01. The van der Waals surface area contributed by atoms with Crippen molar-refractivity contribution in [2.24, 2.45) is 5.16 Å². The third kappa shape index (κ3) is 3.95. The van der Waals surface area contributed by atoms with Crippen molar-refractivity contribution >= 4 is 11.6 Å². The molecule has 1 aromatic carbocycles. The number of para-hydroxylation sites is 1. The molecule has 0 unspecified atom stereocenters. The van der Waals surface area contributed by atoms with Gasteiger partial charge in [0.25, 0.3) is 5.91 Å². The Morgan fingerprint density at radius 3 is 2.76 bits per heavy atom. The van der Waals surface area contributed by atoms with Gasteiger partial charge in [-0.3, -0.25) is 4.79 Å². The molecule has 114 valence electrons. The van der Waals surface area contributed by atoms with E-state index in [2.05, 4.69) is 5.16 Å². The Bertz CT molecular complexity index is 510. The van der Waals surface area contributed by atoms with E-state index >= 15 is 0 Å². The topological polar surface area (TPSA) is 71.4 Å². The summed E-state index contributed by atoms with van der Waals surface area (Å²) in [5.41, 5.74) is 1.24. The van der Waals surface area contributed by atoms with Gasteiger partial charge in [0, 0.05) is 18.7 Å². The second-order valence-electron chi connectivity index (χ2n) is 4.68.